The van der Waals surface area contributed by atoms with Crippen LogP contribution in [-0.4, -0.2) is 17.0 Å². The largest absolute Gasteiger partial charge is 0.271 e. The van der Waals surface area contributed by atoms with Gasteiger partial charge < -0.3 is 0 Å². The molecule has 0 aromatic heterocycles. The standard InChI is InChI=1S/C23H38NP.C5H8.Ti/c1-4-14-21(15-5-1)25(22-16-6-2-7-17-22,23-18-8-3-9-19-23)24-20-12-10-11-13-20;1-3-5-4-2;/h10-12,21-23H,1-9,13-19H2;3-5H,1H2,2H3;. The molecule has 0 bridgehead atoms. The van der Waals surface area contributed by atoms with E-state index >= 15 is 0 Å². The molecular weight excluding hydrogens is 429 g/mol. The first-order valence-electron chi connectivity index (χ1n) is 13.0. The molecule has 0 spiro atoms. The summed E-state index contributed by atoms with van der Waals surface area (Å²) in [5, 5.41) is 0. The van der Waals surface area contributed by atoms with Crippen molar-refractivity contribution in [3.8, 4) is 0 Å². The van der Waals surface area contributed by atoms with E-state index in [9.17, 15) is 0 Å². The van der Waals surface area contributed by atoms with Crippen molar-refractivity contribution in [1.82, 2.24) is 0 Å². The molecule has 172 valence electrons. The Kier molecular flexibility index (Phi) is 13.1. The van der Waals surface area contributed by atoms with Crippen LogP contribution < -0.4 is 0 Å². The Labute approximate surface area is 208 Å². The van der Waals surface area contributed by atoms with Gasteiger partial charge in [-0.25, -0.2) is 0 Å². The summed E-state index contributed by atoms with van der Waals surface area (Å²) in [6.07, 6.45) is 36.0. The Morgan fingerprint density at radius 3 is 1.55 bits per heavy atom. The van der Waals surface area contributed by atoms with Gasteiger partial charge >= 0.3 is 0 Å². The minimum absolute atomic E-state index is 0. The summed E-state index contributed by atoms with van der Waals surface area (Å²) in [6.45, 7) is 5.42. The molecule has 0 atom stereocenters. The van der Waals surface area contributed by atoms with Crippen LogP contribution in [0.1, 0.15) is 110 Å². The molecule has 0 aliphatic heterocycles. The number of allylic oxidation sites excluding steroid dienone is 6. The minimum atomic E-state index is -1.25. The van der Waals surface area contributed by atoms with Crippen molar-refractivity contribution in [1.29, 1.82) is 0 Å². The Morgan fingerprint density at radius 1 is 0.806 bits per heavy atom. The topological polar surface area (TPSA) is 12.4 Å². The second-order valence-corrected chi connectivity index (χ2v) is 13.8. The molecule has 0 heterocycles. The number of rotatable bonds is 5. The molecule has 4 rings (SSSR count). The molecule has 3 saturated carbocycles. The molecule has 3 heteroatoms. The zero-order valence-corrected chi connectivity index (χ0v) is 22.6. The monoisotopic (exact) mass is 475 g/mol. The van der Waals surface area contributed by atoms with Crippen LogP contribution in [0.3, 0.4) is 0 Å². The van der Waals surface area contributed by atoms with Crippen LogP contribution in [0.4, 0.5) is 0 Å². The third kappa shape index (κ3) is 7.45. The van der Waals surface area contributed by atoms with Crippen LogP contribution >= 0.6 is 7.05 Å². The van der Waals surface area contributed by atoms with E-state index in [0.29, 0.717) is 0 Å². The van der Waals surface area contributed by atoms with Crippen LogP contribution in [0.5, 0.6) is 0 Å². The van der Waals surface area contributed by atoms with Crippen molar-refractivity contribution in [3.63, 3.8) is 0 Å². The van der Waals surface area contributed by atoms with E-state index in [4.69, 9.17) is 4.74 Å². The van der Waals surface area contributed by atoms with Gasteiger partial charge in [0.15, 0.2) is 0 Å². The maximum atomic E-state index is 5.89. The second-order valence-electron chi connectivity index (χ2n) is 9.82. The molecule has 0 amide bonds. The number of nitrogens with zero attached hydrogens (tertiary/aromatic N) is 1. The SMILES string of the molecule is C1=CCC(N=P(C2CCCCC2)(C2CCCCC2)C2CCCCC2)=C1.C=CC=CC.[Ti]. The van der Waals surface area contributed by atoms with Gasteiger partial charge in [-0.2, -0.15) is 0 Å². The van der Waals surface area contributed by atoms with E-state index in [2.05, 4.69) is 24.8 Å². The van der Waals surface area contributed by atoms with E-state index in [1.807, 2.05) is 19.1 Å². The summed E-state index contributed by atoms with van der Waals surface area (Å²) in [6, 6.07) is 0. The van der Waals surface area contributed by atoms with E-state index in [1.165, 1.54) is 102 Å². The van der Waals surface area contributed by atoms with Crippen LogP contribution in [0.25, 0.3) is 0 Å². The van der Waals surface area contributed by atoms with Gasteiger partial charge in [0.2, 0.25) is 0 Å². The third-order valence-corrected chi connectivity index (χ3v) is 13.5. The Bertz CT molecular complexity index is 604. The minimum Gasteiger partial charge on any atom is -0.271 e. The molecule has 0 aromatic rings. The summed E-state index contributed by atoms with van der Waals surface area (Å²) in [7, 11) is -1.25. The zero-order valence-electron chi connectivity index (χ0n) is 20.1. The first-order valence-corrected chi connectivity index (χ1v) is 15.0. The van der Waals surface area contributed by atoms with Crippen LogP contribution in [0.2, 0.25) is 0 Å². The van der Waals surface area contributed by atoms with E-state index in [-0.39, 0.29) is 21.7 Å². The van der Waals surface area contributed by atoms with Crippen LogP contribution in [0.15, 0.2) is 53.5 Å². The van der Waals surface area contributed by atoms with Crippen molar-refractivity contribution >= 4 is 7.05 Å². The predicted molar refractivity (Wildman–Crippen MR) is 137 cm³/mol. The Morgan fingerprint density at radius 2 is 1.26 bits per heavy atom. The van der Waals surface area contributed by atoms with Crippen molar-refractivity contribution in [2.24, 2.45) is 4.74 Å². The third-order valence-electron chi connectivity index (χ3n) is 7.86. The molecule has 0 N–H and O–H groups in total. The molecular formula is C28H46NPTi. The van der Waals surface area contributed by atoms with E-state index in [1.54, 1.807) is 6.08 Å². The van der Waals surface area contributed by atoms with Gasteiger partial charge in [0, 0.05) is 33.8 Å². The van der Waals surface area contributed by atoms with E-state index in [0.717, 1.165) is 23.4 Å². The van der Waals surface area contributed by atoms with Gasteiger partial charge in [-0.3, -0.25) is 4.74 Å². The molecule has 4 aliphatic rings. The Balaban J connectivity index is 0.000000514. The fraction of sp³-hybridized carbons (Fsp3) is 0.714. The molecule has 0 aromatic carbocycles. The zero-order chi connectivity index (χ0) is 21.1. The van der Waals surface area contributed by atoms with Gasteiger partial charge in [0.25, 0.3) is 0 Å². The molecule has 4 aliphatic carbocycles. The summed E-state index contributed by atoms with van der Waals surface area (Å²) in [5.74, 6) is 0. The fourth-order valence-electron chi connectivity index (χ4n) is 6.49. The number of hydrogen-bond acceptors (Lipinski definition) is 1. The molecule has 0 radical (unpaired) electrons. The average Bonchev–Trinajstić information content (AvgIpc) is 3.33. The van der Waals surface area contributed by atoms with E-state index < -0.39 is 7.05 Å². The molecule has 0 saturated heterocycles. The van der Waals surface area contributed by atoms with Crippen molar-refractivity contribution in [2.75, 3.05) is 0 Å². The predicted octanol–water partition coefficient (Wildman–Crippen LogP) is 9.78. The first kappa shape index (κ1) is 27.2. The number of hydrogen-bond donors (Lipinski definition) is 0. The molecule has 1 nitrogen and oxygen atoms in total. The van der Waals surface area contributed by atoms with Crippen molar-refractivity contribution in [3.05, 3.63) is 48.7 Å². The van der Waals surface area contributed by atoms with Crippen molar-refractivity contribution < 1.29 is 21.7 Å². The maximum absolute atomic E-state index is 5.89. The van der Waals surface area contributed by atoms with Crippen LogP contribution in [-0.2, 0) is 21.7 Å². The van der Waals surface area contributed by atoms with Crippen LogP contribution in [0, 0.1) is 0 Å². The van der Waals surface area contributed by atoms with Gasteiger partial charge in [0.05, 0.1) is 0 Å². The van der Waals surface area contributed by atoms with Gasteiger partial charge in [-0.05, 0) is 75.6 Å². The smallest absolute Gasteiger partial charge is 0.0425 e. The average molecular weight is 476 g/mol. The fourth-order valence-corrected chi connectivity index (χ4v) is 12.9. The first-order chi connectivity index (χ1) is 14.8. The quantitative estimate of drug-likeness (QED) is 0.213. The normalized spacial score (nSPS) is 23.6. The van der Waals surface area contributed by atoms with Gasteiger partial charge in [-0.1, -0.05) is 94.7 Å². The molecule has 3 fully saturated rings. The summed E-state index contributed by atoms with van der Waals surface area (Å²) >= 11 is 0. The molecule has 0 unspecified atom stereocenters. The summed E-state index contributed by atoms with van der Waals surface area (Å²) < 4.78 is 5.89. The summed E-state index contributed by atoms with van der Waals surface area (Å²) in [5.41, 5.74) is 4.40. The van der Waals surface area contributed by atoms with Crippen molar-refractivity contribution in [2.45, 2.75) is 127 Å². The second kappa shape index (κ2) is 14.9. The van der Waals surface area contributed by atoms with Gasteiger partial charge in [-0.15, -0.1) is 0 Å². The molecule has 31 heavy (non-hydrogen) atoms. The van der Waals surface area contributed by atoms with Gasteiger partial charge in [0.1, 0.15) is 0 Å². The maximum Gasteiger partial charge on any atom is 0.0425 e. The summed E-state index contributed by atoms with van der Waals surface area (Å²) in [4.78, 5) is 0. The Hall–Kier alpha value is -0.0957.